The molecule has 3 N–H and O–H groups in total. The highest BCUT2D eigenvalue weighted by Crippen LogP contribution is 2.21. The Kier molecular flexibility index (Phi) is 8.58. The summed E-state index contributed by atoms with van der Waals surface area (Å²) in [5.74, 6) is 2.43. The fraction of sp³-hybridized carbons (Fsp3) is 1.00. The quantitative estimate of drug-likeness (QED) is 0.677. The van der Waals surface area contributed by atoms with Crippen molar-refractivity contribution in [3.63, 3.8) is 0 Å². The van der Waals surface area contributed by atoms with Gasteiger partial charge in [0.05, 0.1) is 6.61 Å². The Morgan fingerprint density at radius 1 is 1.27 bits per heavy atom. The van der Waals surface area contributed by atoms with E-state index in [4.69, 9.17) is 5.73 Å². The summed E-state index contributed by atoms with van der Waals surface area (Å²) < 4.78 is 0. The lowest BCUT2D eigenvalue weighted by Gasteiger charge is -2.24. The second kappa shape index (κ2) is 8.43. The van der Waals surface area contributed by atoms with Crippen molar-refractivity contribution in [2.75, 3.05) is 12.4 Å². The van der Waals surface area contributed by atoms with E-state index in [1.54, 1.807) is 0 Å². The van der Waals surface area contributed by atoms with Crippen LogP contribution in [0.25, 0.3) is 0 Å². The third-order valence-electron chi connectivity index (χ3n) is 2.69. The number of aliphatic hydroxyl groups excluding tert-OH is 1. The molecule has 0 aliphatic rings. The van der Waals surface area contributed by atoms with Crippen LogP contribution in [0, 0.1) is 11.8 Å². The maximum atomic E-state index is 9.29. The number of rotatable bonds is 8. The Labute approximate surface area is 99.0 Å². The molecule has 0 aromatic heterocycles. The van der Waals surface area contributed by atoms with Crippen molar-refractivity contribution in [1.29, 1.82) is 0 Å². The zero-order valence-electron chi connectivity index (χ0n) is 10.6. The summed E-state index contributed by atoms with van der Waals surface area (Å²) >= 11 is 1.83. The van der Waals surface area contributed by atoms with Crippen LogP contribution in [0.3, 0.4) is 0 Å². The van der Waals surface area contributed by atoms with Gasteiger partial charge in [0.15, 0.2) is 0 Å². The predicted molar refractivity (Wildman–Crippen MR) is 70.2 cm³/mol. The van der Waals surface area contributed by atoms with E-state index in [1.165, 1.54) is 6.42 Å². The van der Waals surface area contributed by atoms with Crippen LogP contribution < -0.4 is 5.73 Å². The molecule has 3 unspecified atom stereocenters. The monoisotopic (exact) mass is 233 g/mol. The lowest BCUT2D eigenvalue weighted by Crippen LogP contribution is -2.36. The highest BCUT2D eigenvalue weighted by molar-refractivity contribution is 8.00. The molecular weight excluding hydrogens is 206 g/mol. The summed E-state index contributed by atoms with van der Waals surface area (Å²) in [4.78, 5) is 0. The van der Waals surface area contributed by atoms with Gasteiger partial charge in [-0.25, -0.2) is 0 Å². The molecule has 0 aromatic rings. The summed E-state index contributed by atoms with van der Waals surface area (Å²) in [6, 6.07) is 0.129. The molecule has 0 amide bonds. The van der Waals surface area contributed by atoms with Gasteiger partial charge in [-0.3, -0.25) is 0 Å². The van der Waals surface area contributed by atoms with Crippen LogP contribution in [0.1, 0.15) is 40.5 Å². The summed E-state index contributed by atoms with van der Waals surface area (Å²) in [7, 11) is 0. The van der Waals surface area contributed by atoms with Crippen LogP contribution >= 0.6 is 11.8 Å². The molecule has 2 nitrogen and oxygen atoms in total. The molecule has 0 rings (SSSR count). The summed E-state index contributed by atoms with van der Waals surface area (Å²) in [6.07, 6.45) is 2.20. The van der Waals surface area contributed by atoms with Crippen molar-refractivity contribution in [3.8, 4) is 0 Å². The minimum absolute atomic E-state index is 0.129. The van der Waals surface area contributed by atoms with Crippen molar-refractivity contribution in [1.82, 2.24) is 0 Å². The molecule has 3 atom stereocenters. The van der Waals surface area contributed by atoms with Gasteiger partial charge in [-0.1, -0.05) is 34.1 Å². The fourth-order valence-corrected chi connectivity index (χ4v) is 2.69. The summed E-state index contributed by atoms with van der Waals surface area (Å²) in [6.45, 7) is 9.00. The number of hydrogen-bond donors (Lipinski definition) is 2. The Morgan fingerprint density at radius 3 is 2.27 bits per heavy atom. The lowest BCUT2D eigenvalue weighted by atomic mass is 10.0. The third kappa shape index (κ3) is 7.20. The first-order chi connectivity index (χ1) is 7.01. The second-order valence-electron chi connectivity index (χ2n) is 4.86. The van der Waals surface area contributed by atoms with E-state index >= 15 is 0 Å². The molecule has 15 heavy (non-hydrogen) atoms. The van der Waals surface area contributed by atoms with Crippen LogP contribution in [0.15, 0.2) is 0 Å². The third-order valence-corrected chi connectivity index (χ3v) is 4.38. The normalized spacial score (nSPS) is 17.8. The van der Waals surface area contributed by atoms with Gasteiger partial charge in [0, 0.05) is 11.3 Å². The predicted octanol–water partition coefficient (Wildman–Crippen LogP) is 2.50. The van der Waals surface area contributed by atoms with Crippen molar-refractivity contribution in [2.24, 2.45) is 17.6 Å². The molecule has 3 heteroatoms. The minimum atomic E-state index is 0.129. The van der Waals surface area contributed by atoms with E-state index < -0.39 is 0 Å². The fourth-order valence-electron chi connectivity index (χ4n) is 1.41. The molecule has 0 spiro atoms. The summed E-state index contributed by atoms with van der Waals surface area (Å²) in [5, 5.41) is 9.50. The van der Waals surface area contributed by atoms with Crippen LogP contribution in [0.2, 0.25) is 0 Å². The van der Waals surface area contributed by atoms with Gasteiger partial charge in [0.1, 0.15) is 0 Å². The number of hydrogen-bond acceptors (Lipinski definition) is 3. The van der Waals surface area contributed by atoms with Crippen molar-refractivity contribution in [2.45, 2.75) is 51.8 Å². The molecular formula is C12H27NOS. The lowest BCUT2D eigenvalue weighted by molar-refractivity contribution is 0.275. The van der Waals surface area contributed by atoms with Crippen LogP contribution in [-0.4, -0.2) is 28.8 Å². The average molecular weight is 233 g/mol. The number of thioether (sulfide) groups is 1. The van der Waals surface area contributed by atoms with Gasteiger partial charge in [0.2, 0.25) is 0 Å². The van der Waals surface area contributed by atoms with Crippen LogP contribution in [0.4, 0.5) is 0 Å². The number of aliphatic hydroxyl groups is 1. The maximum absolute atomic E-state index is 9.29. The standard InChI is InChI=1S/C12H27NOS/c1-5-10(4)8-15-12(7-14)11(13)6-9(2)3/h9-12,14H,5-8,13H2,1-4H3. The van der Waals surface area contributed by atoms with Gasteiger partial charge in [0.25, 0.3) is 0 Å². The van der Waals surface area contributed by atoms with Crippen molar-refractivity contribution in [3.05, 3.63) is 0 Å². The highest BCUT2D eigenvalue weighted by Gasteiger charge is 2.19. The maximum Gasteiger partial charge on any atom is 0.0565 e. The Bertz CT molecular complexity index is 153. The molecule has 0 heterocycles. The largest absolute Gasteiger partial charge is 0.395 e. The minimum Gasteiger partial charge on any atom is -0.395 e. The first kappa shape index (κ1) is 15.3. The van der Waals surface area contributed by atoms with Gasteiger partial charge in [-0.05, 0) is 24.0 Å². The molecule has 0 aromatic carbocycles. The van der Waals surface area contributed by atoms with Gasteiger partial charge in [-0.15, -0.1) is 0 Å². The zero-order valence-corrected chi connectivity index (χ0v) is 11.4. The van der Waals surface area contributed by atoms with Gasteiger partial charge in [-0.2, -0.15) is 11.8 Å². The Hall–Kier alpha value is 0.270. The zero-order chi connectivity index (χ0) is 11.8. The van der Waals surface area contributed by atoms with E-state index in [9.17, 15) is 5.11 Å². The van der Waals surface area contributed by atoms with Gasteiger partial charge >= 0.3 is 0 Å². The molecule has 0 fully saturated rings. The molecule has 0 bridgehead atoms. The topological polar surface area (TPSA) is 46.2 Å². The van der Waals surface area contributed by atoms with E-state index in [0.29, 0.717) is 5.92 Å². The SMILES string of the molecule is CCC(C)CSC(CO)C(N)CC(C)C. The Balaban J connectivity index is 3.89. The average Bonchev–Trinajstić information content (AvgIpc) is 2.17. The Morgan fingerprint density at radius 2 is 1.87 bits per heavy atom. The van der Waals surface area contributed by atoms with Crippen molar-refractivity contribution >= 4 is 11.8 Å². The second-order valence-corrected chi connectivity index (χ2v) is 6.13. The van der Waals surface area contributed by atoms with Crippen LogP contribution in [0.5, 0.6) is 0 Å². The first-order valence-corrected chi connectivity index (χ1v) is 7.04. The molecule has 0 saturated carbocycles. The van der Waals surface area contributed by atoms with Gasteiger partial charge < -0.3 is 10.8 Å². The molecule has 92 valence electrons. The molecule has 0 aliphatic carbocycles. The first-order valence-electron chi connectivity index (χ1n) is 5.99. The molecule has 0 aliphatic heterocycles. The van der Waals surface area contributed by atoms with E-state index in [0.717, 1.165) is 18.1 Å². The molecule has 0 saturated heterocycles. The van der Waals surface area contributed by atoms with E-state index in [-0.39, 0.29) is 17.9 Å². The van der Waals surface area contributed by atoms with Crippen LogP contribution in [-0.2, 0) is 0 Å². The number of nitrogens with two attached hydrogens (primary N) is 1. The molecule has 0 radical (unpaired) electrons. The van der Waals surface area contributed by atoms with E-state index in [2.05, 4.69) is 27.7 Å². The summed E-state index contributed by atoms with van der Waals surface area (Å²) in [5.41, 5.74) is 6.08. The highest BCUT2D eigenvalue weighted by atomic mass is 32.2. The smallest absolute Gasteiger partial charge is 0.0565 e. The van der Waals surface area contributed by atoms with Crippen molar-refractivity contribution < 1.29 is 5.11 Å². The van der Waals surface area contributed by atoms with E-state index in [1.807, 2.05) is 11.8 Å².